The van der Waals surface area contributed by atoms with E-state index in [9.17, 15) is 14.9 Å². The average Bonchev–Trinajstić information content (AvgIpc) is 2.50. The number of nitrogens with zero attached hydrogens (tertiary/aromatic N) is 1. The molecule has 0 aromatic heterocycles. The van der Waals surface area contributed by atoms with Gasteiger partial charge in [-0.05, 0) is 24.3 Å². The second-order valence-electron chi connectivity index (χ2n) is 5.85. The minimum atomic E-state index is -0.407. The summed E-state index contributed by atoms with van der Waals surface area (Å²) in [7, 11) is 0. The monoisotopic (exact) mass is 322 g/mol. The van der Waals surface area contributed by atoms with Gasteiger partial charge in [0.15, 0.2) is 0 Å². The summed E-state index contributed by atoms with van der Waals surface area (Å²) in [4.78, 5) is 22.1. The molecule has 1 aliphatic carbocycles. The summed E-state index contributed by atoms with van der Waals surface area (Å²) in [6.45, 7) is 2.20. The Morgan fingerprint density at radius 1 is 1.32 bits per heavy atom. The third-order valence-corrected chi connectivity index (χ3v) is 5.11. The highest BCUT2D eigenvalue weighted by atomic mass is 32.2. The molecule has 0 saturated heterocycles. The first-order chi connectivity index (χ1) is 10.6. The molecular formula is C16H22N2O3S. The Morgan fingerprint density at radius 3 is 2.64 bits per heavy atom. The second kappa shape index (κ2) is 8.17. The van der Waals surface area contributed by atoms with E-state index < -0.39 is 4.92 Å². The molecule has 2 atom stereocenters. The highest BCUT2D eigenvalue weighted by Gasteiger charge is 2.22. The molecule has 1 amide bonds. The number of benzene rings is 1. The van der Waals surface area contributed by atoms with E-state index in [1.165, 1.54) is 43.2 Å². The highest BCUT2D eigenvalue weighted by Crippen LogP contribution is 2.24. The van der Waals surface area contributed by atoms with E-state index in [1.807, 2.05) is 0 Å². The Morgan fingerprint density at radius 2 is 2.00 bits per heavy atom. The fourth-order valence-corrected chi connectivity index (χ4v) is 3.55. The van der Waals surface area contributed by atoms with E-state index in [0.29, 0.717) is 23.5 Å². The predicted molar refractivity (Wildman–Crippen MR) is 88.8 cm³/mol. The number of carbonyl (C=O) groups excluding carboxylic acids is 1. The second-order valence-corrected chi connectivity index (χ2v) is 6.84. The third-order valence-electron chi connectivity index (χ3n) is 4.11. The average molecular weight is 322 g/mol. The number of hydrogen-bond acceptors (Lipinski definition) is 4. The molecule has 0 unspecified atom stereocenters. The molecular weight excluding hydrogens is 300 g/mol. The number of nitrogens with one attached hydrogen (secondary N) is 1. The van der Waals surface area contributed by atoms with E-state index in [-0.39, 0.29) is 11.6 Å². The van der Waals surface area contributed by atoms with E-state index in [1.54, 1.807) is 12.1 Å². The molecule has 120 valence electrons. The molecule has 0 aliphatic heterocycles. The van der Waals surface area contributed by atoms with Gasteiger partial charge < -0.3 is 5.32 Å². The van der Waals surface area contributed by atoms with Gasteiger partial charge in [0.05, 0.1) is 10.7 Å². The summed E-state index contributed by atoms with van der Waals surface area (Å²) in [5, 5.41) is 13.7. The summed E-state index contributed by atoms with van der Waals surface area (Å²) in [5.74, 6) is 1.77. The Kier molecular flexibility index (Phi) is 6.24. The molecule has 22 heavy (non-hydrogen) atoms. The van der Waals surface area contributed by atoms with Gasteiger partial charge in [-0.25, -0.2) is 0 Å². The lowest BCUT2D eigenvalue weighted by atomic mass is 9.86. The van der Waals surface area contributed by atoms with Crippen molar-refractivity contribution >= 4 is 23.4 Å². The van der Waals surface area contributed by atoms with Crippen molar-refractivity contribution in [3.63, 3.8) is 0 Å². The van der Waals surface area contributed by atoms with E-state index in [2.05, 4.69) is 12.2 Å². The van der Waals surface area contributed by atoms with Crippen LogP contribution in [0.4, 0.5) is 5.69 Å². The van der Waals surface area contributed by atoms with Gasteiger partial charge in [-0.1, -0.05) is 31.9 Å². The van der Waals surface area contributed by atoms with Crippen molar-refractivity contribution in [1.29, 1.82) is 0 Å². The minimum Gasteiger partial charge on any atom is -0.352 e. The van der Waals surface area contributed by atoms with Gasteiger partial charge in [-0.3, -0.25) is 14.9 Å². The molecule has 5 nitrogen and oxygen atoms in total. The smallest absolute Gasteiger partial charge is 0.269 e. The van der Waals surface area contributed by atoms with Crippen LogP contribution >= 0.6 is 11.8 Å². The number of hydrogen-bond donors (Lipinski definition) is 1. The van der Waals surface area contributed by atoms with Gasteiger partial charge in [-0.15, -0.1) is 11.8 Å². The molecule has 1 saturated carbocycles. The van der Waals surface area contributed by atoms with E-state index in [0.717, 1.165) is 12.0 Å². The molecule has 1 aliphatic rings. The number of amides is 1. The lowest BCUT2D eigenvalue weighted by Gasteiger charge is -2.29. The van der Waals surface area contributed by atoms with Crippen molar-refractivity contribution in [1.82, 2.24) is 5.32 Å². The number of nitro benzene ring substituents is 1. The van der Waals surface area contributed by atoms with Gasteiger partial charge in [0.25, 0.3) is 5.69 Å². The van der Waals surface area contributed by atoms with Crippen molar-refractivity contribution in [2.45, 2.75) is 44.4 Å². The first kappa shape index (κ1) is 16.8. The van der Waals surface area contributed by atoms with Gasteiger partial charge >= 0.3 is 0 Å². The largest absolute Gasteiger partial charge is 0.352 e. The van der Waals surface area contributed by atoms with Crippen LogP contribution in [0.1, 0.15) is 38.2 Å². The zero-order valence-electron chi connectivity index (χ0n) is 12.8. The lowest BCUT2D eigenvalue weighted by molar-refractivity contribution is -0.384. The summed E-state index contributed by atoms with van der Waals surface area (Å²) in [6, 6.07) is 6.80. The van der Waals surface area contributed by atoms with Gasteiger partial charge in [0.2, 0.25) is 5.91 Å². The number of thioether (sulfide) groups is 1. The van der Waals surface area contributed by atoms with Crippen LogP contribution in [0.2, 0.25) is 0 Å². The van der Waals surface area contributed by atoms with Gasteiger partial charge in [0.1, 0.15) is 0 Å². The standard InChI is InChI=1S/C16H22N2O3S/c1-12-4-2-3-5-15(12)17-16(19)11-22-10-13-6-8-14(9-7-13)18(20)21/h6-9,12,15H,2-5,10-11H2,1H3,(H,17,19)/t12-,15-/m0/s1. The molecule has 0 radical (unpaired) electrons. The van der Waals surface area contributed by atoms with Crippen LogP contribution in [0.3, 0.4) is 0 Å². The maximum Gasteiger partial charge on any atom is 0.269 e. The van der Waals surface area contributed by atoms with Crippen molar-refractivity contribution in [3.05, 3.63) is 39.9 Å². The normalized spacial score (nSPS) is 21.3. The SMILES string of the molecule is C[C@H]1CCCC[C@@H]1NC(=O)CSCc1ccc([N+](=O)[O-])cc1. The van der Waals surface area contributed by atoms with Crippen molar-refractivity contribution < 1.29 is 9.72 Å². The lowest BCUT2D eigenvalue weighted by Crippen LogP contribution is -2.41. The van der Waals surface area contributed by atoms with Crippen molar-refractivity contribution in [3.8, 4) is 0 Å². The Balaban J connectivity index is 1.71. The van der Waals surface area contributed by atoms with Crippen LogP contribution in [0.5, 0.6) is 0 Å². The predicted octanol–water partition coefficient (Wildman–Crippen LogP) is 3.52. The fourth-order valence-electron chi connectivity index (χ4n) is 2.75. The zero-order chi connectivity index (χ0) is 15.9. The van der Waals surface area contributed by atoms with Crippen LogP contribution in [0.15, 0.2) is 24.3 Å². The van der Waals surface area contributed by atoms with E-state index >= 15 is 0 Å². The highest BCUT2D eigenvalue weighted by molar-refractivity contribution is 7.99. The quantitative estimate of drug-likeness (QED) is 0.642. The number of rotatable bonds is 6. The maximum absolute atomic E-state index is 12.0. The van der Waals surface area contributed by atoms with Gasteiger partial charge in [0, 0.05) is 23.9 Å². The summed E-state index contributed by atoms with van der Waals surface area (Å²) in [5.41, 5.74) is 1.09. The summed E-state index contributed by atoms with van der Waals surface area (Å²) >= 11 is 1.54. The number of nitro groups is 1. The molecule has 0 heterocycles. The third kappa shape index (κ3) is 5.02. The van der Waals surface area contributed by atoms with Crippen LogP contribution < -0.4 is 5.32 Å². The Labute approximate surface area is 135 Å². The van der Waals surface area contributed by atoms with Crippen molar-refractivity contribution in [2.24, 2.45) is 5.92 Å². The minimum absolute atomic E-state index is 0.0886. The van der Waals surface area contributed by atoms with Crippen LogP contribution in [0, 0.1) is 16.0 Å². The molecule has 0 bridgehead atoms. The van der Waals surface area contributed by atoms with Crippen molar-refractivity contribution in [2.75, 3.05) is 5.75 Å². The summed E-state index contributed by atoms with van der Waals surface area (Å²) in [6.07, 6.45) is 4.74. The first-order valence-electron chi connectivity index (χ1n) is 7.66. The molecule has 1 N–H and O–H groups in total. The zero-order valence-corrected chi connectivity index (χ0v) is 13.6. The van der Waals surface area contributed by atoms with E-state index in [4.69, 9.17) is 0 Å². The molecule has 6 heteroatoms. The Hall–Kier alpha value is -1.56. The van der Waals surface area contributed by atoms with Crippen LogP contribution in [0.25, 0.3) is 0 Å². The molecule has 0 spiro atoms. The number of carbonyl (C=O) groups is 1. The van der Waals surface area contributed by atoms with Crippen LogP contribution in [-0.4, -0.2) is 22.6 Å². The number of non-ortho nitro benzene ring substituents is 1. The molecule has 2 rings (SSSR count). The van der Waals surface area contributed by atoms with Gasteiger partial charge in [-0.2, -0.15) is 0 Å². The molecule has 1 aromatic rings. The first-order valence-corrected chi connectivity index (χ1v) is 8.82. The Bertz CT molecular complexity index is 519. The topological polar surface area (TPSA) is 72.2 Å². The molecule has 1 fully saturated rings. The maximum atomic E-state index is 12.0. The van der Waals surface area contributed by atoms with Crippen LogP contribution in [-0.2, 0) is 10.5 Å². The fraction of sp³-hybridized carbons (Fsp3) is 0.562. The molecule has 1 aromatic carbocycles. The summed E-state index contributed by atoms with van der Waals surface area (Å²) < 4.78 is 0.